The van der Waals surface area contributed by atoms with Crippen LogP contribution < -0.4 is 0 Å². The Labute approximate surface area is 137 Å². The predicted octanol–water partition coefficient (Wildman–Crippen LogP) is 3.02. The zero-order valence-electron chi connectivity index (χ0n) is 14.0. The molecule has 0 aromatic heterocycles. The average Bonchev–Trinajstić information content (AvgIpc) is 2.48. The highest BCUT2D eigenvalue weighted by molar-refractivity contribution is 7.90. The van der Waals surface area contributed by atoms with Crippen LogP contribution in [0.15, 0.2) is 56.9 Å². The molecule has 0 fully saturated rings. The van der Waals surface area contributed by atoms with Crippen LogP contribution in [0.2, 0.25) is 0 Å². The van der Waals surface area contributed by atoms with Gasteiger partial charge in [0.05, 0.1) is 10.6 Å². The van der Waals surface area contributed by atoms with E-state index in [1.165, 1.54) is 0 Å². The quantitative estimate of drug-likeness (QED) is 0.793. The number of benzene rings is 1. The van der Waals surface area contributed by atoms with Crippen molar-refractivity contribution in [1.29, 1.82) is 0 Å². The monoisotopic (exact) mass is 335 g/mol. The van der Waals surface area contributed by atoms with Gasteiger partial charge in [-0.15, -0.1) is 0 Å². The summed E-state index contributed by atoms with van der Waals surface area (Å²) in [5.41, 5.74) is 2.82. The molecule has 0 radical (unpaired) electrons. The zero-order chi connectivity index (χ0) is 17.3. The van der Waals surface area contributed by atoms with E-state index in [-0.39, 0.29) is 4.90 Å². The highest BCUT2D eigenvalue weighted by Crippen LogP contribution is 2.33. The van der Waals surface area contributed by atoms with E-state index in [0.29, 0.717) is 5.71 Å². The van der Waals surface area contributed by atoms with Crippen molar-refractivity contribution in [3.63, 3.8) is 0 Å². The molecule has 0 spiro atoms. The number of methoxy groups -OCH3 is 2. The Kier molecular flexibility index (Phi) is 4.89. The standard InChI is InChI=1S/C17H21NO4S/c1-12-6-8-16(9-7-12)23(19,20)18-15-10-13(2)17(21-4,22-5)14(3)11-15/h6-11H,1-5H3. The second kappa shape index (κ2) is 6.39. The average molecular weight is 335 g/mol. The molecule has 2 rings (SSSR count). The molecule has 0 saturated carbocycles. The van der Waals surface area contributed by atoms with Crippen LogP contribution >= 0.6 is 0 Å². The summed E-state index contributed by atoms with van der Waals surface area (Å²) < 4.78 is 39.7. The second-order valence-electron chi connectivity index (χ2n) is 5.48. The Bertz CT molecular complexity index is 758. The molecule has 124 valence electrons. The van der Waals surface area contributed by atoms with E-state index in [1.807, 2.05) is 20.8 Å². The van der Waals surface area contributed by atoms with Crippen LogP contribution in [0, 0.1) is 6.92 Å². The third-order valence-electron chi connectivity index (χ3n) is 3.89. The highest BCUT2D eigenvalue weighted by atomic mass is 32.2. The largest absolute Gasteiger partial charge is 0.346 e. The number of hydrogen-bond acceptors (Lipinski definition) is 4. The zero-order valence-corrected chi connectivity index (χ0v) is 14.8. The lowest BCUT2D eigenvalue weighted by atomic mass is 9.92. The molecule has 1 aliphatic rings. The second-order valence-corrected chi connectivity index (χ2v) is 7.09. The van der Waals surface area contributed by atoms with Crippen LogP contribution in [0.4, 0.5) is 0 Å². The normalized spacial score (nSPS) is 17.5. The fourth-order valence-corrected chi connectivity index (χ4v) is 3.64. The van der Waals surface area contributed by atoms with E-state index in [2.05, 4.69) is 4.40 Å². The fraction of sp³-hybridized carbons (Fsp3) is 0.353. The predicted molar refractivity (Wildman–Crippen MR) is 90.1 cm³/mol. The Morgan fingerprint density at radius 1 is 0.913 bits per heavy atom. The van der Waals surface area contributed by atoms with Crippen molar-refractivity contribution in [2.24, 2.45) is 4.40 Å². The van der Waals surface area contributed by atoms with Crippen LogP contribution in [-0.2, 0) is 19.5 Å². The van der Waals surface area contributed by atoms with Gasteiger partial charge in [0.2, 0.25) is 5.79 Å². The number of aryl methyl sites for hydroxylation is 1. The smallest absolute Gasteiger partial charge is 0.282 e. The minimum absolute atomic E-state index is 0.169. The maximum Gasteiger partial charge on any atom is 0.282 e. The topological polar surface area (TPSA) is 65.0 Å². The van der Waals surface area contributed by atoms with Crippen molar-refractivity contribution in [3.8, 4) is 0 Å². The Hall–Kier alpha value is -1.76. The summed E-state index contributed by atoms with van der Waals surface area (Å²) in [5.74, 6) is -0.966. The van der Waals surface area contributed by atoms with Crippen molar-refractivity contribution in [2.45, 2.75) is 31.5 Å². The molecule has 0 heterocycles. The van der Waals surface area contributed by atoms with E-state index in [0.717, 1.165) is 16.7 Å². The van der Waals surface area contributed by atoms with Gasteiger partial charge in [-0.3, -0.25) is 0 Å². The van der Waals surface area contributed by atoms with Gasteiger partial charge in [-0.25, -0.2) is 0 Å². The van der Waals surface area contributed by atoms with Crippen molar-refractivity contribution < 1.29 is 17.9 Å². The molecule has 6 heteroatoms. The summed E-state index contributed by atoms with van der Waals surface area (Å²) in [6.45, 7) is 5.53. The molecule has 1 aliphatic carbocycles. The van der Waals surface area contributed by atoms with Crippen LogP contribution in [0.1, 0.15) is 19.4 Å². The minimum atomic E-state index is -3.76. The van der Waals surface area contributed by atoms with Gasteiger partial charge >= 0.3 is 0 Å². The van der Waals surface area contributed by atoms with Crippen LogP contribution in [0.25, 0.3) is 0 Å². The number of ether oxygens (including phenoxy) is 2. The van der Waals surface area contributed by atoms with Gasteiger partial charge < -0.3 is 9.47 Å². The summed E-state index contributed by atoms with van der Waals surface area (Å²) in [4.78, 5) is 0.169. The Balaban J connectivity index is 2.45. The summed E-state index contributed by atoms with van der Waals surface area (Å²) in [7, 11) is -0.667. The van der Waals surface area contributed by atoms with Crippen molar-refractivity contribution >= 4 is 15.7 Å². The minimum Gasteiger partial charge on any atom is -0.346 e. The number of allylic oxidation sites excluding steroid dienone is 2. The summed E-state index contributed by atoms with van der Waals surface area (Å²) >= 11 is 0. The van der Waals surface area contributed by atoms with E-state index >= 15 is 0 Å². The Morgan fingerprint density at radius 2 is 1.39 bits per heavy atom. The molecular formula is C17H21NO4S. The lowest BCUT2D eigenvalue weighted by Crippen LogP contribution is -2.39. The van der Waals surface area contributed by atoms with Crippen LogP contribution in [0.5, 0.6) is 0 Å². The molecule has 5 nitrogen and oxygen atoms in total. The van der Waals surface area contributed by atoms with Gasteiger partial charge in [0.25, 0.3) is 10.0 Å². The number of hydrogen-bond donors (Lipinski definition) is 0. The van der Waals surface area contributed by atoms with Gasteiger partial charge in [-0.2, -0.15) is 12.8 Å². The fourth-order valence-electron chi connectivity index (χ4n) is 2.67. The molecule has 0 bridgehead atoms. The molecule has 23 heavy (non-hydrogen) atoms. The molecule has 0 N–H and O–H groups in total. The van der Waals surface area contributed by atoms with Gasteiger partial charge in [0.15, 0.2) is 0 Å². The summed E-state index contributed by atoms with van der Waals surface area (Å²) in [5, 5.41) is 0. The summed E-state index contributed by atoms with van der Waals surface area (Å²) in [6.07, 6.45) is 3.32. The first-order valence-corrected chi connectivity index (χ1v) is 8.58. The van der Waals surface area contributed by atoms with Gasteiger partial charge in [0.1, 0.15) is 0 Å². The SMILES string of the molecule is COC1(OC)C(C)=CC(=NS(=O)(=O)c2ccc(C)cc2)C=C1C. The first kappa shape index (κ1) is 17.6. The third-order valence-corrected chi connectivity index (χ3v) is 5.21. The number of rotatable bonds is 4. The van der Waals surface area contributed by atoms with E-state index < -0.39 is 15.8 Å². The molecule has 1 aromatic carbocycles. The van der Waals surface area contributed by atoms with Gasteiger partial charge in [-0.05, 0) is 56.2 Å². The maximum atomic E-state index is 12.4. The molecule has 0 atom stereocenters. The number of nitrogens with zero attached hydrogens (tertiary/aromatic N) is 1. The van der Waals surface area contributed by atoms with E-state index in [9.17, 15) is 8.42 Å². The van der Waals surface area contributed by atoms with Crippen molar-refractivity contribution in [1.82, 2.24) is 0 Å². The van der Waals surface area contributed by atoms with E-state index in [1.54, 1.807) is 50.6 Å². The molecule has 0 unspecified atom stereocenters. The van der Waals surface area contributed by atoms with Crippen LogP contribution in [-0.4, -0.2) is 34.1 Å². The lowest BCUT2D eigenvalue weighted by Gasteiger charge is -2.35. The summed E-state index contributed by atoms with van der Waals surface area (Å²) in [6, 6.07) is 6.60. The number of sulfonamides is 1. The van der Waals surface area contributed by atoms with Crippen molar-refractivity contribution in [2.75, 3.05) is 14.2 Å². The Morgan fingerprint density at radius 3 is 1.83 bits per heavy atom. The van der Waals surface area contributed by atoms with Crippen molar-refractivity contribution in [3.05, 3.63) is 53.1 Å². The van der Waals surface area contributed by atoms with Gasteiger partial charge in [0, 0.05) is 14.2 Å². The lowest BCUT2D eigenvalue weighted by molar-refractivity contribution is -0.150. The third kappa shape index (κ3) is 3.29. The maximum absolute atomic E-state index is 12.4. The first-order chi connectivity index (χ1) is 10.7. The molecule has 0 aliphatic heterocycles. The molecular weight excluding hydrogens is 314 g/mol. The first-order valence-electron chi connectivity index (χ1n) is 7.14. The molecule has 0 amide bonds. The highest BCUT2D eigenvalue weighted by Gasteiger charge is 2.37. The van der Waals surface area contributed by atoms with Crippen LogP contribution in [0.3, 0.4) is 0 Å². The molecule has 0 saturated heterocycles. The molecule has 1 aromatic rings. The van der Waals surface area contributed by atoms with Gasteiger partial charge in [-0.1, -0.05) is 17.7 Å². The van der Waals surface area contributed by atoms with E-state index in [4.69, 9.17) is 9.47 Å².